The Morgan fingerprint density at radius 2 is 2.00 bits per heavy atom. The van der Waals surface area contributed by atoms with Gasteiger partial charge in [0.2, 0.25) is 0 Å². The third-order valence-electron chi connectivity index (χ3n) is 2.06. The first-order valence-electron chi connectivity index (χ1n) is 4.47. The van der Waals surface area contributed by atoms with Crippen LogP contribution >= 0.6 is 0 Å². The Labute approximate surface area is 92.6 Å². The zero-order valence-electron chi connectivity index (χ0n) is 8.21. The lowest BCUT2D eigenvalue weighted by Gasteiger charge is -2.08. The Morgan fingerprint density at radius 3 is 2.59 bits per heavy atom. The van der Waals surface area contributed by atoms with Crippen LogP contribution < -0.4 is 4.74 Å². The predicted molar refractivity (Wildman–Crippen MR) is 51.9 cm³/mol. The lowest BCUT2D eigenvalue weighted by molar-refractivity contribution is -0.274. The summed E-state index contributed by atoms with van der Waals surface area (Å²) in [5, 5.41) is 9.04. The van der Waals surface area contributed by atoms with Crippen molar-refractivity contribution in [3.8, 4) is 5.75 Å². The van der Waals surface area contributed by atoms with E-state index in [0.29, 0.717) is 10.9 Å². The fourth-order valence-electron chi connectivity index (χ4n) is 1.42. The number of fused-ring (bicyclic) bond motifs is 1. The van der Waals surface area contributed by atoms with Crippen molar-refractivity contribution in [1.82, 2.24) is 4.98 Å². The van der Waals surface area contributed by atoms with Gasteiger partial charge in [0.05, 0.1) is 0 Å². The molecule has 0 atom stereocenters. The van der Waals surface area contributed by atoms with Gasteiger partial charge in [-0.25, -0.2) is 4.79 Å². The third-order valence-corrected chi connectivity index (χ3v) is 2.06. The van der Waals surface area contributed by atoms with E-state index < -0.39 is 12.3 Å². The Kier molecular flexibility index (Phi) is 2.45. The number of aromatic carboxylic acids is 1. The van der Waals surface area contributed by atoms with Crippen molar-refractivity contribution < 1.29 is 27.8 Å². The van der Waals surface area contributed by atoms with Gasteiger partial charge < -0.3 is 14.8 Å². The van der Waals surface area contributed by atoms with Crippen molar-refractivity contribution in [2.45, 2.75) is 6.36 Å². The predicted octanol–water partition coefficient (Wildman–Crippen LogP) is 2.76. The van der Waals surface area contributed by atoms with Gasteiger partial charge >= 0.3 is 12.3 Å². The SMILES string of the molecule is O=C(O)c1cc2cc(OC(F)(F)F)ccc2[nH]1. The molecular formula is C10H6F3NO3. The number of alkyl halides is 3. The van der Waals surface area contributed by atoms with Crippen LogP contribution in [0.1, 0.15) is 10.5 Å². The minimum Gasteiger partial charge on any atom is -0.477 e. The van der Waals surface area contributed by atoms with Crippen LogP contribution in [0, 0.1) is 0 Å². The maximum Gasteiger partial charge on any atom is 0.573 e. The molecular weight excluding hydrogens is 239 g/mol. The maximum atomic E-state index is 12.0. The molecule has 0 spiro atoms. The largest absolute Gasteiger partial charge is 0.573 e. The molecule has 17 heavy (non-hydrogen) atoms. The first kappa shape index (κ1) is 11.3. The minimum absolute atomic E-state index is 0.0934. The zero-order valence-corrected chi connectivity index (χ0v) is 8.21. The number of H-pyrrole nitrogens is 1. The van der Waals surface area contributed by atoms with Gasteiger partial charge in [0.1, 0.15) is 11.4 Å². The molecule has 0 fully saturated rings. The minimum atomic E-state index is -4.76. The molecule has 0 amide bonds. The summed E-state index contributed by atoms with van der Waals surface area (Å²) in [5.41, 5.74) is 0.334. The molecule has 0 bridgehead atoms. The highest BCUT2D eigenvalue weighted by molar-refractivity contribution is 5.94. The number of carboxylic acids is 1. The highest BCUT2D eigenvalue weighted by atomic mass is 19.4. The average Bonchev–Trinajstić information content (AvgIpc) is 2.57. The lowest BCUT2D eigenvalue weighted by atomic mass is 10.2. The number of carbonyl (C=O) groups is 1. The monoisotopic (exact) mass is 245 g/mol. The second kappa shape index (κ2) is 3.69. The van der Waals surface area contributed by atoms with Crippen LogP contribution in [0.4, 0.5) is 13.2 Å². The van der Waals surface area contributed by atoms with E-state index in [9.17, 15) is 18.0 Å². The molecule has 2 aromatic rings. The van der Waals surface area contributed by atoms with Crippen molar-refractivity contribution in [2.75, 3.05) is 0 Å². The fraction of sp³-hybridized carbons (Fsp3) is 0.100. The summed E-state index contributed by atoms with van der Waals surface area (Å²) < 4.78 is 39.6. The Bertz CT molecular complexity index is 574. The first-order valence-corrected chi connectivity index (χ1v) is 4.47. The van der Waals surface area contributed by atoms with Gasteiger partial charge in [-0.2, -0.15) is 0 Å². The molecule has 7 heteroatoms. The Morgan fingerprint density at radius 1 is 1.29 bits per heavy atom. The van der Waals surface area contributed by atoms with E-state index in [2.05, 4.69) is 9.72 Å². The van der Waals surface area contributed by atoms with Gasteiger partial charge in [-0.1, -0.05) is 0 Å². The summed E-state index contributed by atoms with van der Waals surface area (Å²) in [6.07, 6.45) is -4.76. The first-order chi connectivity index (χ1) is 7.85. The number of hydrogen-bond acceptors (Lipinski definition) is 2. The smallest absolute Gasteiger partial charge is 0.477 e. The molecule has 1 aromatic carbocycles. The van der Waals surface area contributed by atoms with Crippen molar-refractivity contribution in [1.29, 1.82) is 0 Å². The van der Waals surface area contributed by atoms with Crippen LogP contribution in [-0.4, -0.2) is 22.4 Å². The average molecular weight is 245 g/mol. The molecule has 0 unspecified atom stereocenters. The Hall–Kier alpha value is -2.18. The van der Waals surface area contributed by atoms with Crippen LogP contribution in [0.3, 0.4) is 0 Å². The Balaban J connectivity index is 2.40. The van der Waals surface area contributed by atoms with Crippen LogP contribution in [-0.2, 0) is 0 Å². The van der Waals surface area contributed by atoms with Gasteiger partial charge in [-0.15, -0.1) is 13.2 Å². The van der Waals surface area contributed by atoms with Gasteiger partial charge in [-0.05, 0) is 24.3 Å². The molecule has 0 saturated heterocycles. The zero-order chi connectivity index (χ0) is 12.6. The molecule has 0 aliphatic rings. The lowest BCUT2D eigenvalue weighted by Crippen LogP contribution is -2.16. The highest BCUT2D eigenvalue weighted by Crippen LogP contribution is 2.26. The molecule has 2 rings (SSSR count). The molecule has 0 radical (unpaired) electrons. The number of aromatic amines is 1. The van der Waals surface area contributed by atoms with E-state index >= 15 is 0 Å². The quantitative estimate of drug-likeness (QED) is 0.855. The molecule has 4 nitrogen and oxygen atoms in total. The molecule has 1 aromatic heterocycles. The second-order valence-corrected chi connectivity index (χ2v) is 3.29. The fourth-order valence-corrected chi connectivity index (χ4v) is 1.42. The van der Waals surface area contributed by atoms with Gasteiger partial charge in [-0.3, -0.25) is 0 Å². The summed E-state index contributed by atoms with van der Waals surface area (Å²) >= 11 is 0. The second-order valence-electron chi connectivity index (χ2n) is 3.29. The van der Waals surface area contributed by atoms with Crippen LogP contribution in [0.25, 0.3) is 10.9 Å². The number of aromatic nitrogens is 1. The van der Waals surface area contributed by atoms with Crippen LogP contribution in [0.15, 0.2) is 24.3 Å². The summed E-state index contributed by atoms with van der Waals surface area (Å²) in [7, 11) is 0. The van der Waals surface area contributed by atoms with Crippen molar-refractivity contribution in [3.05, 3.63) is 30.0 Å². The molecule has 0 saturated carbocycles. The summed E-state index contributed by atoms with van der Waals surface area (Å²) in [5.74, 6) is -1.57. The van der Waals surface area contributed by atoms with E-state index in [-0.39, 0.29) is 11.4 Å². The number of hydrogen-bond donors (Lipinski definition) is 2. The van der Waals surface area contributed by atoms with E-state index in [1.165, 1.54) is 12.1 Å². The number of rotatable bonds is 2. The molecule has 1 heterocycles. The highest BCUT2D eigenvalue weighted by Gasteiger charge is 2.31. The van der Waals surface area contributed by atoms with Gasteiger partial charge in [0.15, 0.2) is 0 Å². The number of ether oxygens (including phenoxy) is 1. The number of nitrogens with one attached hydrogen (secondary N) is 1. The van der Waals surface area contributed by atoms with E-state index in [1.807, 2.05) is 0 Å². The van der Waals surface area contributed by atoms with Crippen LogP contribution in [0.5, 0.6) is 5.75 Å². The van der Waals surface area contributed by atoms with Gasteiger partial charge in [0.25, 0.3) is 0 Å². The number of halogens is 3. The maximum absolute atomic E-state index is 12.0. The number of carboxylic acid groups (broad SMARTS) is 1. The molecule has 0 aliphatic heterocycles. The van der Waals surface area contributed by atoms with Crippen LogP contribution in [0.2, 0.25) is 0 Å². The van der Waals surface area contributed by atoms with Gasteiger partial charge in [0, 0.05) is 10.9 Å². The van der Waals surface area contributed by atoms with E-state index in [1.54, 1.807) is 0 Å². The summed E-state index contributed by atoms with van der Waals surface area (Å²) in [6, 6.07) is 4.79. The van der Waals surface area contributed by atoms with Crippen molar-refractivity contribution in [3.63, 3.8) is 0 Å². The summed E-state index contributed by atoms with van der Waals surface area (Å²) in [6.45, 7) is 0. The third kappa shape index (κ3) is 2.49. The standard InChI is InChI=1S/C10H6F3NO3/c11-10(12,13)17-6-1-2-7-5(3-6)4-8(14-7)9(15)16/h1-4,14H,(H,15,16). The normalized spacial score (nSPS) is 11.7. The molecule has 2 N–H and O–H groups in total. The van der Waals surface area contributed by atoms with Crippen molar-refractivity contribution in [2.24, 2.45) is 0 Å². The summed E-state index contributed by atoms with van der Waals surface area (Å²) in [4.78, 5) is 13.2. The molecule has 0 aliphatic carbocycles. The van der Waals surface area contributed by atoms with E-state index in [0.717, 1.165) is 12.1 Å². The number of benzene rings is 1. The molecule has 90 valence electrons. The van der Waals surface area contributed by atoms with E-state index in [4.69, 9.17) is 5.11 Å². The topological polar surface area (TPSA) is 62.3 Å². The van der Waals surface area contributed by atoms with Crippen molar-refractivity contribution >= 4 is 16.9 Å².